The van der Waals surface area contributed by atoms with Crippen molar-refractivity contribution in [2.75, 3.05) is 13.2 Å². The van der Waals surface area contributed by atoms with Crippen LogP contribution in [0.1, 0.15) is 33.1 Å². The zero-order valence-corrected chi connectivity index (χ0v) is 11.7. The first kappa shape index (κ1) is 18.2. The van der Waals surface area contributed by atoms with Crippen molar-refractivity contribution in [3.63, 3.8) is 0 Å². The van der Waals surface area contributed by atoms with Crippen LogP contribution in [0, 0.1) is 0 Å². The Morgan fingerprint density at radius 1 is 1.20 bits per heavy atom. The Hall–Kier alpha value is -1.83. The quantitative estimate of drug-likeness (QED) is 0.477. The molecule has 116 valence electrons. The van der Waals surface area contributed by atoms with Crippen molar-refractivity contribution in [2.45, 2.75) is 45.2 Å². The van der Waals surface area contributed by atoms with Crippen molar-refractivity contribution < 1.29 is 29.7 Å². The molecule has 1 atom stereocenters. The number of carbonyl (C=O) groups is 3. The van der Waals surface area contributed by atoms with Crippen molar-refractivity contribution in [3.8, 4) is 0 Å². The molecule has 0 aromatic rings. The van der Waals surface area contributed by atoms with E-state index in [0.29, 0.717) is 13.0 Å². The largest absolute Gasteiger partial charge is 0.481 e. The summed E-state index contributed by atoms with van der Waals surface area (Å²) in [7, 11) is 0. The predicted octanol–water partition coefficient (Wildman–Crippen LogP) is 0.107. The van der Waals surface area contributed by atoms with Crippen LogP contribution in [0.2, 0.25) is 0 Å². The Balaban J connectivity index is 4.61. The first-order valence-electron chi connectivity index (χ1n) is 6.42. The van der Waals surface area contributed by atoms with E-state index in [4.69, 9.17) is 15.3 Å². The normalized spacial score (nSPS) is 12.0. The van der Waals surface area contributed by atoms with Crippen molar-refractivity contribution in [1.82, 2.24) is 10.2 Å². The summed E-state index contributed by atoms with van der Waals surface area (Å²) in [6, 6.07) is -1.98. The van der Waals surface area contributed by atoms with Gasteiger partial charge in [0.25, 0.3) is 0 Å². The number of hydrogen-bond donors (Lipinski definition) is 4. The number of carboxylic acids is 2. The Morgan fingerprint density at radius 3 is 2.20 bits per heavy atom. The van der Waals surface area contributed by atoms with Crippen LogP contribution in [0.4, 0.5) is 4.79 Å². The van der Waals surface area contributed by atoms with Crippen LogP contribution >= 0.6 is 0 Å². The smallest absolute Gasteiger partial charge is 0.326 e. The maximum absolute atomic E-state index is 12.0. The summed E-state index contributed by atoms with van der Waals surface area (Å²) in [5, 5.41) is 28.6. The molecule has 0 aliphatic rings. The molecule has 0 bridgehead atoms. The molecule has 0 radical (unpaired) electrons. The van der Waals surface area contributed by atoms with Crippen LogP contribution in [0.25, 0.3) is 0 Å². The third kappa shape index (κ3) is 6.93. The summed E-state index contributed by atoms with van der Waals surface area (Å²) >= 11 is 0. The van der Waals surface area contributed by atoms with E-state index < -0.39 is 24.0 Å². The third-order valence-electron chi connectivity index (χ3n) is 2.68. The second-order valence-electron chi connectivity index (χ2n) is 4.64. The van der Waals surface area contributed by atoms with Crippen LogP contribution < -0.4 is 5.32 Å². The summed E-state index contributed by atoms with van der Waals surface area (Å²) in [6.45, 7) is 3.76. The Bertz CT molecular complexity index is 345. The molecular formula is C12H22N2O6. The fourth-order valence-corrected chi connectivity index (χ4v) is 1.59. The van der Waals surface area contributed by atoms with Crippen LogP contribution in [-0.2, 0) is 9.59 Å². The van der Waals surface area contributed by atoms with Gasteiger partial charge in [-0.2, -0.15) is 0 Å². The van der Waals surface area contributed by atoms with Gasteiger partial charge in [-0.1, -0.05) is 0 Å². The number of hydrogen-bond acceptors (Lipinski definition) is 4. The Kier molecular flexibility index (Phi) is 8.30. The Labute approximate surface area is 117 Å². The van der Waals surface area contributed by atoms with Gasteiger partial charge in [-0.3, -0.25) is 4.79 Å². The highest BCUT2D eigenvalue weighted by Gasteiger charge is 2.24. The van der Waals surface area contributed by atoms with Gasteiger partial charge in [-0.05, 0) is 26.7 Å². The molecule has 20 heavy (non-hydrogen) atoms. The van der Waals surface area contributed by atoms with Gasteiger partial charge >= 0.3 is 18.0 Å². The van der Waals surface area contributed by atoms with Gasteiger partial charge < -0.3 is 25.5 Å². The SMILES string of the molecule is CC(C)N(CCCO)C(=O)N[C@@H](CCC(=O)O)C(=O)O. The highest BCUT2D eigenvalue weighted by Crippen LogP contribution is 2.04. The summed E-state index contributed by atoms with van der Waals surface area (Å²) in [5.74, 6) is -2.39. The molecule has 4 N–H and O–H groups in total. The van der Waals surface area contributed by atoms with Crippen LogP contribution in [-0.4, -0.2) is 63.4 Å². The van der Waals surface area contributed by atoms with Gasteiger partial charge in [-0.15, -0.1) is 0 Å². The molecule has 0 saturated carbocycles. The summed E-state index contributed by atoms with van der Waals surface area (Å²) < 4.78 is 0. The van der Waals surface area contributed by atoms with E-state index in [2.05, 4.69) is 5.32 Å². The second kappa shape index (κ2) is 9.13. The predicted molar refractivity (Wildman–Crippen MR) is 70.4 cm³/mol. The average molecular weight is 290 g/mol. The maximum Gasteiger partial charge on any atom is 0.326 e. The zero-order chi connectivity index (χ0) is 15.7. The van der Waals surface area contributed by atoms with Gasteiger partial charge in [0.2, 0.25) is 0 Å². The third-order valence-corrected chi connectivity index (χ3v) is 2.68. The van der Waals surface area contributed by atoms with Gasteiger partial charge in [0.15, 0.2) is 0 Å². The minimum absolute atomic E-state index is 0.0716. The monoisotopic (exact) mass is 290 g/mol. The highest BCUT2D eigenvalue weighted by atomic mass is 16.4. The van der Waals surface area contributed by atoms with Crippen LogP contribution in [0.3, 0.4) is 0 Å². The van der Waals surface area contributed by atoms with E-state index in [-0.39, 0.29) is 25.5 Å². The van der Waals surface area contributed by atoms with Crippen molar-refractivity contribution in [3.05, 3.63) is 0 Å². The summed E-state index contributed by atoms with van der Waals surface area (Å²) in [4.78, 5) is 34.8. The lowest BCUT2D eigenvalue weighted by atomic mass is 10.1. The number of carboxylic acid groups (broad SMARTS) is 2. The number of aliphatic carboxylic acids is 2. The lowest BCUT2D eigenvalue weighted by Gasteiger charge is -2.28. The van der Waals surface area contributed by atoms with E-state index in [1.807, 2.05) is 0 Å². The van der Waals surface area contributed by atoms with E-state index in [1.165, 1.54) is 4.90 Å². The molecule has 8 nitrogen and oxygen atoms in total. The molecule has 2 amide bonds. The van der Waals surface area contributed by atoms with Crippen molar-refractivity contribution in [1.29, 1.82) is 0 Å². The molecule has 0 aliphatic carbocycles. The van der Waals surface area contributed by atoms with Crippen molar-refractivity contribution >= 4 is 18.0 Å². The topological polar surface area (TPSA) is 127 Å². The average Bonchev–Trinajstić information content (AvgIpc) is 2.33. The molecule has 0 unspecified atom stereocenters. The van der Waals surface area contributed by atoms with E-state index in [1.54, 1.807) is 13.8 Å². The molecule has 0 spiro atoms. The number of nitrogens with one attached hydrogen (secondary N) is 1. The molecule has 0 heterocycles. The van der Waals surface area contributed by atoms with E-state index >= 15 is 0 Å². The zero-order valence-electron chi connectivity index (χ0n) is 11.7. The van der Waals surface area contributed by atoms with E-state index in [0.717, 1.165) is 0 Å². The first-order valence-corrected chi connectivity index (χ1v) is 6.42. The number of rotatable bonds is 9. The summed E-state index contributed by atoms with van der Waals surface area (Å²) in [6.07, 6.45) is -0.129. The van der Waals surface area contributed by atoms with E-state index in [9.17, 15) is 14.4 Å². The second-order valence-corrected chi connectivity index (χ2v) is 4.64. The van der Waals surface area contributed by atoms with Crippen LogP contribution in [0.5, 0.6) is 0 Å². The van der Waals surface area contributed by atoms with Gasteiger partial charge in [0.1, 0.15) is 6.04 Å². The number of amides is 2. The minimum atomic E-state index is -1.27. The van der Waals surface area contributed by atoms with Gasteiger partial charge in [0, 0.05) is 25.6 Å². The number of aliphatic hydroxyl groups is 1. The lowest BCUT2D eigenvalue weighted by molar-refractivity contribution is -0.140. The van der Waals surface area contributed by atoms with Crippen molar-refractivity contribution in [2.24, 2.45) is 0 Å². The first-order chi connectivity index (χ1) is 9.29. The number of carbonyl (C=O) groups excluding carboxylic acids is 1. The van der Waals surface area contributed by atoms with Gasteiger partial charge in [-0.25, -0.2) is 9.59 Å². The van der Waals surface area contributed by atoms with Gasteiger partial charge in [0.05, 0.1) is 0 Å². The van der Waals surface area contributed by atoms with Crippen LogP contribution in [0.15, 0.2) is 0 Å². The standard InChI is InChI=1S/C12H22N2O6/c1-8(2)14(6-3-7-15)12(20)13-9(11(18)19)4-5-10(16)17/h8-9,15H,3-7H2,1-2H3,(H,13,20)(H,16,17)(H,18,19)/t9-/m0/s1. The molecule has 0 fully saturated rings. The Morgan fingerprint density at radius 2 is 1.80 bits per heavy atom. The summed E-state index contributed by atoms with van der Waals surface area (Å²) in [5.41, 5.74) is 0. The lowest BCUT2D eigenvalue weighted by Crippen LogP contribution is -2.50. The number of aliphatic hydroxyl groups excluding tert-OH is 1. The molecular weight excluding hydrogens is 268 g/mol. The molecule has 0 aromatic carbocycles. The molecule has 8 heteroatoms. The number of nitrogens with zero attached hydrogens (tertiary/aromatic N) is 1. The minimum Gasteiger partial charge on any atom is -0.481 e. The highest BCUT2D eigenvalue weighted by molar-refractivity contribution is 5.83. The maximum atomic E-state index is 12.0. The molecule has 0 saturated heterocycles. The molecule has 0 aromatic heterocycles. The molecule has 0 aliphatic heterocycles. The number of urea groups is 1. The molecule has 0 rings (SSSR count). The fraction of sp³-hybridized carbons (Fsp3) is 0.750. The fourth-order valence-electron chi connectivity index (χ4n) is 1.59.